The fourth-order valence-electron chi connectivity index (χ4n) is 5.38. The second-order valence-electron chi connectivity index (χ2n) is 9.36. The van der Waals surface area contributed by atoms with Crippen LogP contribution in [0.15, 0.2) is 54.6 Å². The first-order valence-corrected chi connectivity index (χ1v) is 11.9. The van der Waals surface area contributed by atoms with Crippen LogP contribution in [0.2, 0.25) is 0 Å². The Labute approximate surface area is 195 Å². The normalized spacial score (nSPS) is 25.9. The van der Waals surface area contributed by atoms with Crippen LogP contribution in [0.25, 0.3) is 0 Å². The van der Waals surface area contributed by atoms with Gasteiger partial charge in [0, 0.05) is 45.8 Å². The Balaban J connectivity index is 1.41. The second kappa shape index (κ2) is 9.15. The molecule has 3 aliphatic heterocycles. The Morgan fingerprint density at radius 1 is 1.03 bits per heavy atom. The van der Waals surface area contributed by atoms with E-state index in [9.17, 15) is 9.59 Å². The monoisotopic (exact) mass is 448 g/mol. The molecule has 33 heavy (non-hydrogen) atoms. The maximum Gasteiger partial charge on any atom is 0.255 e. The van der Waals surface area contributed by atoms with Gasteiger partial charge in [-0.2, -0.15) is 0 Å². The van der Waals surface area contributed by atoms with Crippen molar-refractivity contribution in [3.05, 3.63) is 65.7 Å². The van der Waals surface area contributed by atoms with Crippen molar-refractivity contribution in [2.75, 3.05) is 52.4 Å². The number of fused-ring (bicyclic) bond motifs is 1. The summed E-state index contributed by atoms with van der Waals surface area (Å²) in [6.07, 6.45) is 0. The van der Waals surface area contributed by atoms with Gasteiger partial charge in [-0.1, -0.05) is 49.4 Å². The molecule has 2 fully saturated rings. The van der Waals surface area contributed by atoms with E-state index in [1.54, 1.807) is 6.07 Å². The van der Waals surface area contributed by atoms with Gasteiger partial charge < -0.3 is 19.9 Å². The summed E-state index contributed by atoms with van der Waals surface area (Å²) in [5.41, 5.74) is 0.962. The van der Waals surface area contributed by atoms with Gasteiger partial charge in [-0.3, -0.25) is 14.5 Å². The fraction of sp³-hybridized carbons (Fsp3) is 0.462. The Morgan fingerprint density at radius 2 is 1.76 bits per heavy atom. The highest BCUT2D eigenvalue weighted by molar-refractivity contribution is 5.98. The van der Waals surface area contributed by atoms with Crippen LogP contribution in [0.4, 0.5) is 0 Å². The number of hydrogen-bond acceptors (Lipinski definition) is 5. The van der Waals surface area contributed by atoms with Crippen LogP contribution in [0.3, 0.4) is 0 Å². The summed E-state index contributed by atoms with van der Waals surface area (Å²) in [6, 6.07) is 17.6. The summed E-state index contributed by atoms with van der Waals surface area (Å²) in [7, 11) is 0. The maximum absolute atomic E-state index is 13.8. The molecule has 3 heterocycles. The number of rotatable bonds is 4. The smallest absolute Gasteiger partial charge is 0.255 e. The van der Waals surface area contributed by atoms with Crippen LogP contribution in [0, 0.1) is 5.92 Å². The zero-order valence-corrected chi connectivity index (χ0v) is 19.2. The number of nitrogens with zero attached hydrogens (tertiary/aromatic N) is 3. The third kappa shape index (κ3) is 4.35. The van der Waals surface area contributed by atoms with Crippen LogP contribution in [0.5, 0.6) is 5.75 Å². The number of ether oxygens (including phenoxy) is 1. The molecular formula is C26H32N4O3. The van der Waals surface area contributed by atoms with Gasteiger partial charge in [0.2, 0.25) is 5.91 Å². The summed E-state index contributed by atoms with van der Waals surface area (Å²) < 4.78 is 6.17. The van der Waals surface area contributed by atoms with E-state index in [-0.39, 0.29) is 24.3 Å². The van der Waals surface area contributed by atoms with Crippen molar-refractivity contribution in [2.45, 2.75) is 19.0 Å². The van der Waals surface area contributed by atoms with Crippen LogP contribution in [-0.4, -0.2) is 84.5 Å². The summed E-state index contributed by atoms with van der Waals surface area (Å²) in [6.45, 7) is 8.59. The number of piperazine rings is 1. The molecule has 7 nitrogen and oxygen atoms in total. The highest BCUT2D eigenvalue weighted by Crippen LogP contribution is 2.35. The van der Waals surface area contributed by atoms with Gasteiger partial charge in [0.05, 0.1) is 17.0 Å². The minimum atomic E-state index is -0.760. The Kier molecular flexibility index (Phi) is 6.08. The summed E-state index contributed by atoms with van der Waals surface area (Å²) >= 11 is 0. The van der Waals surface area contributed by atoms with E-state index in [1.807, 2.05) is 41.3 Å². The van der Waals surface area contributed by atoms with Crippen molar-refractivity contribution in [1.29, 1.82) is 0 Å². The van der Waals surface area contributed by atoms with E-state index < -0.39 is 5.54 Å². The lowest BCUT2D eigenvalue weighted by molar-refractivity contribution is -0.139. The number of para-hydroxylation sites is 1. The summed E-state index contributed by atoms with van der Waals surface area (Å²) in [5, 5.41) is 3.25. The highest BCUT2D eigenvalue weighted by Gasteiger charge is 2.54. The third-order valence-electron chi connectivity index (χ3n) is 7.27. The number of amides is 2. The van der Waals surface area contributed by atoms with Crippen molar-refractivity contribution >= 4 is 11.8 Å². The zero-order valence-electron chi connectivity index (χ0n) is 19.2. The van der Waals surface area contributed by atoms with Gasteiger partial charge in [0.1, 0.15) is 12.4 Å². The zero-order chi connectivity index (χ0) is 22.8. The van der Waals surface area contributed by atoms with Crippen LogP contribution in [0.1, 0.15) is 22.8 Å². The number of benzene rings is 2. The highest BCUT2D eigenvalue weighted by atomic mass is 16.5. The topological polar surface area (TPSA) is 65.1 Å². The molecule has 2 atom stereocenters. The molecule has 2 aromatic carbocycles. The number of carbonyl (C=O) groups excluding carboxylic acids is 2. The molecule has 1 N–H and O–H groups in total. The quantitative estimate of drug-likeness (QED) is 0.773. The molecule has 0 aliphatic carbocycles. The van der Waals surface area contributed by atoms with E-state index in [1.165, 1.54) is 5.56 Å². The summed E-state index contributed by atoms with van der Waals surface area (Å²) in [5.74, 6) is 0.179. The van der Waals surface area contributed by atoms with Gasteiger partial charge >= 0.3 is 0 Å². The van der Waals surface area contributed by atoms with Crippen molar-refractivity contribution in [3.63, 3.8) is 0 Å². The Hall–Kier alpha value is -2.90. The lowest BCUT2D eigenvalue weighted by Crippen LogP contribution is -2.62. The van der Waals surface area contributed by atoms with Crippen LogP contribution >= 0.6 is 0 Å². The molecule has 0 bridgehead atoms. The SMILES string of the molecule is CCN1CCN(C(=O)[C@@H]2CN(Cc3ccccc3)C[C@]23COc2ccccc2C(=O)N3)CC1. The van der Waals surface area contributed by atoms with Gasteiger partial charge in [-0.15, -0.1) is 0 Å². The van der Waals surface area contributed by atoms with Crippen LogP contribution in [-0.2, 0) is 11.3 Å². The van der Waals surface area contributed by atoms with E-state index >= 15 is 0 Å². The molecule has 2 saturated heterocycles. The number of nitrogens with one attached hydrogen (secondary N) is 1. The number of likely N-dealkylation sites (N-methyl/N-ethyl adjacent to an activating group) is 1. The Bertz CT molecular complexity index is 1010. The lowest BCUT2D eigenvalue weighted by atomic mass is 9.86. The predicted octanol–water partition coefficient (Wildman–Crippen LogP) is 1.84. The first-order valence-electron chi connectivity index (χ1n) is 11.9. The molecule has 0 radical (unpaired) electrons. The van der Waals surface area contributed by atoms with E-state index in [4.69, 9.17) is 4.74 Å². The molecule has 174 valence electrons. The standard InChI is InChI=1S/C26H32N4O3/c1-2-28-12-14-30(15-13-28)25(32)22-17-29(16-20-8-4-3-5-9-20)18-26(22)19-33-23-11-7-6-10-21(23)24(31)27-26/h3-11,22H,2,12-19H2,1H3,(H,27,31)/t22-,26-/m0/s1. The predicted molar refractivity (Wildman–Crippen MR) is 126 cm³/mol. The fourth-order valence-corrected chi connectivity index (χ4v) is 5.38. The molecule has 0 unspecified atom stereocenters. The molecule has 0 aromatic heterocycles. The maximum atomic E-state index is 13.8. The van der Waals surface area contributed by atoms with Crippen molar-refractivity contribution in [1.82, 2.24) is 20.0 Å². The number of carbonyl (C=O) groups is 2. The minimum Gasteiger partial charge on any atom is -0.490 e. The van der Waals surface area contributed by atoms with Crippen LogP contribution < -0.4 is 10.1 Å². The molecular weight excluding hydrogens is 416 g/mol. The van der Waals surface area contributed by atoms with E-state index in [0.717, 1.165) is 39.3 Å². The Morgan fingerprint density at radius 3 is 2.52 bits per heavy atom. The molecule has 3 aliphatic rings. The average Bonchev–Trinajstić information content (AvgIpc) is 3.13. The molecule has 7 heteroatoms. The first kappa shape index (κ1) is 21.9. The van der Waals surface area contributed by atoms with Crippen molar-refractivity contribution in [2.24, 2.45) is 5.92 Å². The van der Waals surface area contributed by atoms with E-state index in [2.05, 4.69) is 34.2 Å². The number of hydrogen-bond donors (Lipinski definition) is 1. The first-order chi connectivity index (χ1) is 16.1. The average molecular weight is 449 g/mol. The van der Waals surface area contributed by atoms with Crippen molar-refractivity contribution < 1.29 is 14.3 Å². The molecule has 1 spiro atoms. The molecule has 0 saturated carbocycles. The van der Waals surface area contributed by atoms with Gasteiger partial charge in [0.15, 0.2) is 0 Å². The largest absolute Gasteiger partial charge is 0.490 e. The minimum absolute atomic E-state index is 0.121. The molecule has 2 amide bonds. The van der Waals surface area contributed by atoms with Gasteiger partial charge in [-0.05, 0) is 24.2 Å². The third-order valence-corrected chi connectivity index (χ3v) is 7.27. The number of likely N-dealkylation sites (tertiary alicyclic amines) is 1. The van der Waals surface area contributed by atoms with Crippen molar-refractivity contribution in [3.8, 4) is 5.75 Å². The summed E-state index contributed by atoms with van der Waals surface area (Å²) in [4.78, 5) is 33.7. The van der Waals surface area contributed by atoms with Gasteiger partial charge in [-0.25, -0.2) is 0 Å². The van der Waals surface area contributed by atoms with E-state index in [0.29, 0.717) is 24.4 Å². The molecule has 2 aromatic rings. The lowest BCUT2D eigenvalue weighted by Gasteiger charge is -2.39. The van der Waals surface area contributed by atoms with Gasteiger partial charge in [0.25, 0.3) is 5.91 Å². The second-order valence-corrected chi connectivity index (χ2v) is 9.36. The molecule has 5 rings (SSSR count).